The Morgan fingerprint density at radius 2 is 2.15 bits per heavy atom. The van der Waals surface area contributed by atoms with E-state index >= 15 is 0 Å². The predicted octanol–water partition coefficient (Wildman–Crippen LogP) is 1.61. The highest BCUT2D eigenvalue weighted by molar-refractivity contribution is 5.91. The summed E-state index contributed by atoms with van der Waals surface area (Å²) in [4.78, 5) is 26.8. The quantitative estimate of drug-likeness (QED) is 0.854. The molecule has 1 aromatic heterocycles. The van der Waals surface area contributed by atoms with Crippen LogP contribution in [0.25, 0.3) is 0 Å². The lowest BCUT2D eigenvalue weighted by atomic mass is 10.2. The van der Waals surface area contributed by atoms with Crippen molar-refractivity contribution in [1.82, 2.24) is 10.3 Å². The maximum Gasteiger partial charge on any atom is 0.339 e. The Bertz CT molecular complexity index is 498. The topological polar surface area (TPSA) is 88.5 Å². The predicted molar refractivity (Wildman–Crippen MR) is 71.7 cm³/mol. The summed E-state index contributed by atoms with van der Waals surface area (Å²) in [6.07, 6.45) is 6.18. The summed E-state index contributed by atoms with van der Waals surface area (Å²) in [6.45, 7) is 1.60. The molecule has 1 atom stereocenters. The van der Waals surface area contributed by atoms with Gasteiger partial charge in [-0.05, 0) is 25.8 Å². The van der Waals surface area contributed by atoms with Gasteiger partial charge < -0.3 is 15.2 Å². The molecule has 1 amide bonds. The highest BCUT2D eigenvalue weighted by Crippen LogP contribution is 2.20. The SMILES string of the molecule is CC(Oc1cnccc1C(=O)O)C(=O)NC1CCCC1. The Labute approximate surface area is 117 Å². The molecule has 0 aliphatic heterocycles. The maximum atomic E-state index is 12.0. The van der Waals surface area contributed by atoms with E-state index in [-0.39, 0.29) is 23.3 Å². The van der Waals surface area contributed by atoms with Crippen LogP contribution in [0.5, 0.6) is 5.75 Å². The number of nitrogens with one attached hydrogen (secondary N) is 1. The number of pyridine rings is 1. The van der Waals surface area contributed by atoms with E-state index < -0.39 is 12.1 Å². The zero-order chi connectivity index (χ0) is 14.5. The Morgan fingerprint density at radius 3 is 2.80 bits per heavy atom. The number of rotatable bonds is 5. The first-order valence-corrected chi connectivity index (χ1v) is 6.72. The zero-order valence-electron chi connectivity index (χ0n) is 11.3. The van der Waals surface area contributed by atoms with Crippen LogP contribution >= 0.6 is 0 Å². The molecule has 6 heteroatoms. The third-order valence-corrected chi connectivity index (χ3v) is 3.39. The highest BCUT2D eigenvalue weighted by atomic mass is 16.5. The van der Waals surface area contributed by atoms with Crippen molar-refractivity contribution in [2.24, 2.45) is 0 Å². The summed E-state index contributed by atoms with van der Waals surface area (Å²) in [6, 6.07) is 1.56. The number of carbonyl (C=O) groups excluding carboxylic acids is 1. The van der Waals surface area contributed by atoms with Crippen LogP contribution in [0.4, 0.5) is 0 Å². The first-order valence-electron chi connectivity index (χ1n) is 6.72. The van der Waals surface area contributed by atoms with Gasteiger partial charge >= 0.3 is 5.97 Å². The molecule has 0 spiro atoms. The Morgan fingerprint density at radius 1 is 1.45 bits per heavy atom. The lowest BCUT2D eigenvalue weighted by Gasteiger charge is -2.18. The molecule has 108 valence electrons. The molecular formula is C14H18N2O4. The van der Waals surface area contributed by atoms with E-state index in [0.29, 0.717) is 0 Å². The second-order valence-corrected chi connectivity index (χ2v) is 4.93. The average Bonchev–Trinajstić information content (AvgIpc) is 2.91. The van der Waals surface area contributed by atoms with Gasteiger partial charge in [-0.2, -0.15) is 0 Å². The van der Waals surface area contributed by atoms with E-state index in [1.807, 2.05) is 0 Å². The molecule has 1 aliphatic carbocycles. The van der Waals surface area contributed by atoms with Crippen LogP contribution in [0.1, 0.15) is 43.0 Å². The maximum absolute atomic E-state index is 12.0. The fourth-order valence-corrected chi connectivity index (χ4v) is 2.28. The van der Waals surface area contributed by atoms with Gasteiger partial charge in [-0.3, -0.25) is 9.78 Å². The van der Waals surface area contributed by atoms with Gasteiger partial charge in [0.05, 0.1) is 6.20 Å². The number of hydrogen-bond donors (Lipinski definition) is 2. The molecule has 2 N–H and O–H groups in total. The van der Waals surface area contributed by atoms with E-state index in [1.165, 1.54) is 18.5 Å². The molecule has 2 rings (SSSR count). The lowest BCUT2D eigenvalue weighted by Crippen LogP contribution is -2.41. The first kappa shape index (κ1) is 14.3. The molecule has 6 nitrogen and oxygen atoms in total. The minimum absolute atomic E-state index is 0.000478. The highest BCUT2D eigenvalue weighted by Gasteiger charge is 2.23. The molecule has 1 fully saturated rings. The van der Waals surface area contributed by atoms with E-state index in [1.54, 1.807) is 6.92 Å². The molecule has 0 saturated heterocycles. The van der Waals surface area contributed by atoms with E-state index in [4.69, 9.17) is 9.84 Å². The lowest BCUT2D eigenvalue weighted by molar-refractivity contribution is -0.128. The number of carboxylic acid groups (broad SMARTS) is 1. The molecule has 0 radical (unpaired) electrons. The van der Waals surface area contributed by atoms with Crippen molar-refractivity contribution in [2.45, 2.75) is 44.8 Å². The van der Waals surface area contributed by atoms with Gasteiger partial charge in [0.2, 0.25) is 0 Å². The Kier molecular flexibility index (Phi) is 4.55. The number of aromatic nitrogens is 1. The first-order chi connectivity index (χ1) is 9.58. The van der Waals surface area contributed by atoms with Crippen LogP contribution in [-0.4, -0.2) is 34.1 Å². The average molecular weight is 278 g/mol. The molecule has 20 heavy (non-hydrogen) atoms. The van der Waals surface area contributed by atoms with Gasteiger partial charge in [0.1, 0.15) is 5.56 Å². The normalized spacial score (nSPS) is 16.6. The number of carbonyl (C=O) groups is 2. The number of amides is 1. The van der Waals surface area contributed by atoms with Gasteiger partial charge in [-0.15, -0.1) is 0 Å². The monoisotopic (exact) mass is 278 g/mol. The summed E-state index contributed by atoms with van der Waals surface area (Å²) >= 11 is 0. The number of hydrogen-bond acceptors (Lipinski definition) is 4. The Hall–Kier alpha value is -2.11. The van der Waals surface area contributed by atoms with E-state index in [2.05, 4.69) is 10.3 Å². The second-order valence-electron chi connectivity index (χ2n) is 4.93. The van der Waals surface area contributed by atoms with Crippen molar-refractivity contribution in [3.63, 3.8) is 0 Å². The molecule has 1 unspecified atom stereocenters. The fraction of sp³-hybridized carbons (Fsp3) is 0.500. The molecule has 1 aliphatic rings. The van der Waals surface area contributed by atoms with Gasteiger partial charge in [-0.25, -0.2) is 4.79 Å². The van der Waals surface area contributed by atoms with Gasteiger partial charge in [0.25, 0.3) is 5.91 Å². The van der Waals surface area contributed by atoms with E-state index in [0.717, 1.165) is 25.7 Å². The van der Waals surface area contributed by atoms with Gasteiger partial charge in [0.15, 0.2) is 11.9 Å². The van der Waals surface area contributed by atoms with Crippen LogP contribution in [0.3, 0.4) is 0 Å². The third kappa shape index (κ3) is 3.46. The van der Waals surface area contributed by atoms with Gasteiger partial charge in [-0.1, -0.05) is 12.8 Å². The molecule has 0 aromatic carbocycles. The minimum atomic E-state index is -1.11. The van der Waals surface area contributed by atoms with Gasteiger partial charge in [0, 0.05) is 12.2 Å². The molecule has 1 heterocycles. The number of carboxylic acids is 1. The Balaban J connectivity index is 1.98. The van der Waals surface area contributed by atoms with Crippen molar-refractivity contribution in [2.75, 3.05) is 0 Å². The van der Waals surface area contributed by atoms with Crippen molar-refractivity contribution >= 4 is 11.9 Å². The molecule has 1 saturated carbocycles. The summed E-state index contributed by atoms with van der Waals surface area (Å²) in [5, 5.41) is 12.0. The van der Waals surface area contributed by atoms with Crippen LogP contribution < -0.4 is 10.1 Å². The third-order valence-electron chi connectivity index (χ3n) is 3.39. The smallest absolute Gasteiger partial charge is 0.339 e. The van der Waals surface area contributed by atoms with Crippen LogP contribution in [0.15, 0.2) is 18.5 Å². The number of nitrogens with zero attached hydrogens (tertiary/aromatic N) is 1. The van der Waals surface area contributed by atoms with Crippen LogP contribution in [0.2, 0.25) is 0 Å². The summed E-state index contributed by atoms with van der Waals surface area (Å²) in [7, 11) is 0. The van der Waals surface area contributed by atoms with Crippen molar-refractivity contribution in [3.8, 4) is 5.75 Å². The second kappa shape index (κ2) is 6.36. The molecular weight excluding hydrogens is 260 g/mol. The van der Waals surface area contributed by atoms with Crippen LogP contribution in [-0.2, 0) is 4.79 Å². The zero-order valence-corrected chi connectivity index (χ0v) is 11.3. The van der Waals surface area contributed by atoms with E-state index in [9.17, 15) is 9.59 Å². The van der Waals surface area contributed by atoms with Crippen molar-refractivity contribution in [3.05, 3.63) is 24.0 Å². The van der Waals surface area contributed by atoms with Crippen molar-refractivity contribution < 1.29 is 19.4 Å². The number of aromatic carboxylic acids is 1. The molecule has 0 bridgehead atoms. The summed E-state index contributed by atoms with van der Waals surface area (Å²) < 4.78 is 5.42. The summed E-state index contributed by atoms with van der Waals surface area (Å²) in [5.74, 6) is -1.23. The summed E-state index contributed by atoms with van der Waals surface area (Å²) in [5.41, 5.74) is 0.000478. The minimum Gasteiger partial charge on any atom is -0.478 e. The standard InChI is InChI=1S/C14H18N2O4/c1-9(13(17)16-10-4-2-3-5-10)20-12-8-15-7-6-11(12)14(18)19/h6-10H,2-5H2,1H3,(H,16,17)(H,18,19). The fourth-order valence-electron chi connectivity index (χ4n) is 2.28. The number of ether oxygens (including phenoxy) is 1. The van der Waals surface area contributed by atoms with Crippen LogP contribution in [0, 0.1) is 0 Å². The largest absolute Gasteiger partial charge is 0.478 e. The van der Waals surface area contributed by atoms with Crippen molar-refractivity contribution in [1.29, 1.82) is 0 Å². The molecule has 1 aromatic rings.